The Balaban J connectivity index is 2.67. The van der Waals surface area contributed by atoms with Crippen LogP contribution in [0.3, 0.4) is 0 Å². The van der Waals surface area contributed by atoms with E-state index in [9.17, 15) is 14.4 Å². The van der Waals surface area contributed by atoms with Crippen molar-refractivity contribution in [3.63, 3.8) is 0 Å². The maximum atomic E-state index is 11.2. The van der Waals surface area contributed by atoms with Crippen LogP contribution in [0, 0.1) is 0 Å². The summed E-state index contributed by atoms with van der Waals surface area (Å²) in [6.07, 6.45) is -0.897. The van der Waals surface area contributed by atoms with Crippen LogP contribution in [0.15, 0.2) is 0 Å². The summed E-state index contributed by atoms with van der Waals surface area (Å²) in [5.74, 6) is -1.63. The van der Waals surface area contributed by atoms with Gasteiger partial charge >= 0.3 is 12.1 Å². The number of carbonyl (C=O) groups is 3. The number of aromatic nitrogens is 1. The fraction of sp³-hybridized carbons (Fsp3) is 0.333. The highest BCUT2D eigenvalue weighted by Crippen LogP contribution is 2.23. The van der Waals surface area contributed by atoms with E-state index in [1.165, 1.54) is 6.92 Å². The smallest absolute Gasteiger partial charge is 0.404 e. The van der Waals surface area contributed by atoms with Gasteiger partial charge in [-0.25, -0.2) is 14.6 Å². The summed E-state index contributed by atoms with van der Waals surface area (Å²) in [5, 5.41) is 11.8. The molecular weight excluding hydrogens is 262 g/mol. The van der Waals surface area contributed by atoms with Crippen molar-refractivity contribution in [2.45, 2.75) is 6.92 Å². The zero-order valence-electron chi connectivity index (χ0n) is 9.43. The van der Waals surface area contributed by atoms with E-state index in [0.717, 1.165) is 11.3 Å². The van der Waals surface area contributed by atoms with Gasteiger partial charge in [0, 0.05) is 6.92 Å². The van der Waals surface area contributed by atoms with Gasteiger partial charge in [-0.05, 0) is 0 Å². The summed E-state index contributed by atoms with van der Waals surface area (Å²) in [6.45, 7) is 1.50. The fourth-order valence-electron chi connectivity index (χ4n) is 1.09. The maximum absolute atomic E-state index is 11.2. The van der Waals surface area contributed by atoms with Gasteiger partial charge in [0.15, 0.2) is 16.6 Å². The van der Waals surface area contributed by atoms with Gasteiger partial charge in [-0.15, -0.1) is 0 Å². The zero-order chi connectivity index (χ0) is 13.7. The van der Waals surface area contributed by atoms with Crippen LogP contribution in [-0.4, -0.2) is 41.1 Å². The van der Waals surface area contributed by atoms with Gasteiger partial charge in [0.2, 0.25) is 0 Å². The summed E-state index contributed by atoms with van der Waals surface area (Å²) in [5.41, 5.74) is 4.47. The van der Waals surface area contributed by atoms with Gasteiger partial charge in [-0.2, -0.15) is 0 Å². The van der Waals surface area contributed by atoms with E-state index < -0.39 is 12.1 Å². The van der Waals surface area contributed by atoms with Gasteiger partial charge < -0.3 is 20.9 Å². The molecule has 0 aliphatic carbocycles. The zero-order valence-corrected chi connectivity index (χ0v) is 10.2. The number of primary amides is 1. The molecule has 4 N–H and O–H groups in total. The van der Waals surface area contributed by atoms with Crippen molar-refractivity contribution >= 4 is 34.3 Å². The van der Waals surface area contributed by atoms with Crippen molar-refractivity contribution in [1.29, 1.82) is 0 Å². The topological polar surface area (TPSA) is 132 Å². The third kappa shape index (κ3) is 3.70. The third-order valence-electron chi connectivity index (χ3n) is 1.77. The van der Waals surface area contributed by atoms with Crippen molar-refractivity contribution in [2.75, 3.05) is 18.5 Å². The Labute approximate surface area is 106 Å². The fourth-order valence-corrected chi connectivity index (χ4v) is 1.97. The molecular formula is C9H11N3O5S. The van der Waals surface area contributed by atoms with Crippen LogP contribution in [0.25, 0.3) is 0 Å². The molecule has 0 saturated heterocycles. The standard InChI is InChI=1S/C9H11N3O5S/c1-4(13)6-5(7(14)15)12-9(18-6)11-2-3-17-8(10)16/h2-3H2,1H3,(H2,10,16)(H,11,12)(H,14,15). The lowest BCUT2D eigenvalue weighted by Crippen LogP contribution is -2.18. The Kier molecular flexibility index (Phi) is 4.60. The minimum Gasteiger partial charge on any atom is -0.476 e. The molecule has 1 rings (SSSR count). The first-order valence-electron chi connectivity index (χ1n) is 4.83. The average Bonchev–Trinajstić information content (AvgIpc) is 2.68. The number of amides is 1. The maximum Gasteiger partial charge on any atom is 0.404 e. The molecule has 1 aromatic heterocycles. The molecule has 0 radical (unpaired) electrons. The highest BCUT2D eigenvalue weighted by Gasteiger charge is 2.20. The first-order chi connectivity index (χ1) is 8.41. The molecule has 0 unspecified atom stereocenters. The van der Waals surface area contributed by atoms with Gasteiger partial charge in [0.25, 0.3) is 0 Å². The average molecular weight is 273 g/mol. The van der Waals surface area contributed by atoms with Crippen LogP contribution >= 0.6 is 11.3 Å². The Morgan fingerprint density at radius 3 is 2.61 bits per heavy atom. The Morgan fingerprint density at radius 2 is 2.17 bits per heavy atom. The SMILES string of the molecule is CC(=O)c1sc(NCCOC(N)=O)nc1C(=O)O. The van der Waals surface area contributed by atoms with Crippen molar-refractivity contribution < 1.29 is 24.2 Å². The normalized spacial score (nSPS) is 9.83. The van der Waals surface area contributed by atoms with E-state index in [1.807, 2.05) is 0 Å². The molecule has 9 heteroatoms. The predicted octanol–water partition coefficient (Wildman–Crippen LogP) is 0.551. The molecule has 0 bridgehead atoms. The van der Waals surface area contributed by atoms with Crippen molar-refractivity contribution in [2.24, 2.45) is 5.73 Å². The monoisotopic (exact) mass is 273 g/mol. The summed E-state index contributed by atoms with van der Waals surface area (Å²) in [4.78, 5) is 36.2. The second kappa shape index (κ2) is 5.96. The number of anilines is 1. The van der Waals surface area contributed by atoms with Gasteiger partial charge in [0.05, 0.1) is 6.54 Å². The molecule has 0 atom stereocenters. The largest absolute Gasteiger partial charge is 0.476 e. The molecule has 1 amide bonds. The van der Waals surface area contributed by atoms with Crippen molar-refractivity contribution in [3.05, 3.63) is 10.6 Å². The lowest BCUT2D eigenvalue weighted by molar-refractivity contribution is 0.0687. The van der Waals surface area contributed by atoms with Crippen LogP contribution in [0.2, 0.25) is 0 Å². The first kappa shape index (κ1) is 13.9. The number of thiazole rings is 1. The number of carbonyl (C=O) groups excluding carboxylic acids is 2. The number of carboxylic acid groups (broad SMARTS) is 1. The number of nitrogens with one attached hydrogen (secondary N) is 1. The van der Waals surface area contributed by atoms with E-state index >= 15 is 0 Å². The van der Waals surface area contributed by atoms with Crippen LogP contribution in [0.1, 0.15) is 27.1 Å². The highest BCUT2D eigenvalue weighted by atomic mass is 32.1. The number of ether oxygens (including phenoxy) is 1. The Bertz CT molecular complexity index is 453. The molecule has 8 nitrogen and oxygen atoms in total. The van der Waals surface area contributed by atoms with Gasteiger partial charge in [-0.3, -0.25) is 4.79 Å². The molecule has 0 spiro atoms. The Morgan fingerprint density at radius 1 is 1.50 bits per heavy atom. The van der Waals surface area contributed by atoms with E-state index in [1.54, 1.807) is 0 Å². The summed E-state index contributed by atoms with van der Waals surface area (Å²) >= 11 is 0.930. The number of rotatable bonds is 6. The van der Waals surface area contributed by atoms with E-state index in [2.05, 4.69) is 15.0 Å². The number of ketones is 1. The van der Waals surface area contributed by atoms with Gasteiger partial charge in [-0.1, -0.05) is 11.3 Å². The molecule has 0 fully saturated rings. The molecule has 0 aliphatic heterocycles. The highest BCUT2D eigenvalue weighted by molar-refractivity contribution is 7.17. The van der Waals surface area contributed by atoms with Crippen LogP contribution in [0.4, 0.5) is 9.93 Å². The minimum atomic E-state index is -1.27. The van der Waals surface area contributed by atoms with Crippen LogP contribution in [-0.2, 0) is 4.74 Å². The summed E-state index contributed by atoms with van der Waals surface area (Å²) in [6, 6.07) is 0. The number of nitrogens with zero attached hydrogens (tertiary/aromatic N) is 1. The van der Waals surface area contributed by atoms with E-state index in [0.29, 0.717) is 0 Å². The second-order valence-electron chi connectivity index (χ2n) is 3.15. The molecule has 0 aliphatic rings. The Hall–Kier alpha value is -2.16. The van der Waals surface area contributed by atoms with E-state index in [-0.39, 0.29) is 34.6 Å². The molecule has 0 saturated carbocycles. The van der Waals surface area contributed by atoms with Crippen molar-refractivity contribution in [1.82, 2.24) is 4.98 Å². The molecule has 1 heterocycles. The molecule has 0 aromatic carbocycles. The lowest BCUT2D eigenvalue weighted by atomic mass is 10.3. The number of nitrogens with two attached hydrogens (primary N) is 1. The number of aromatic carboxylic acids is 1. The first-order valence-corrected chi connectivity index (χ1v) is 5.64. The van der Waals surface area contributed by atoms with E-state index in [4.69, 9.17) is 10.8 Å². The summed E-state index contributed by atoms with van der Waals surface area (Å²) < 4.78 is 4.47. The number of carboxylic acids is 1. The summed E-state index contributed by atoms with van der Waals surface area (Å²) in [7, 11) is 0. The lowest BCUT2D eigenvalue weighted by Gasteiger charge is -2.01. The second-order valence-corrected chi connectivity index (χ2v) is 4.15. The van der Waals surface area contributed by atoms with Crippen LogP contribution < -0.4 is 11.1 Å². The van der Waals surface area contributed by atoms with Crippen molar-refractivity contribution in [3.8, 4) is 0 Å². The molecule has 18 heavy (non-hydrogen) atoms. The molecule has 98 valence electrons. The molecule has 1 aromatic rings. The predicted molar refractivity (Wildman–Crippen MR) is 63.1 cm³/mol. The quantitative estimate of drug-likeness (QED) is 0.509. The van der Waals surface area contributed by atoms with Crippen LogP contribution in [0.5, 0.6) is 0 Å². The van der Waals surface area contributed by atoms with Gasteiger partial charge in [0.1, 0.15) is 11.5 Å². The number of hydrogen-bond acceptors (Lipinski definition) is 7. The minimum absolute atomic E-state index is 0.0206. The third-order valence-corrected chi connectivity index (χ3v) is 2.89. The number of Topliss-reactive ketones (excluding diaryl/α,β-unsaturated/α-hetero) is 1. The number of hydrogen-bond donors (Lipinski definition) is 3.